The molecule has 0 saturated carbocycles. The molecule has 0 bridgehead atoms. The van der Waals surface area contributed by atoms with Crippen LogP contribution in [0.2, 0.25) is 0 Å². The Morgan fingerprint density at radius 3 is 2.88 bits per heavy atom. The second-order valence-corrected chi connectivity index (χ2v) is 6.41. The summed E-state index contributed by atoms with van der Waals surface area (Å²) in [5.74, 6) is 0.954. The number of carbonyl (C=O) groups is 1. The highest BCUT2D eigenvalue weighted by Crippen LogP contribution is 2.19. The fourth-order valence-electron chi connectivity index (χ4n) is 3.39. The summed E-state index contributed by atoms with van der Waals surface area (Å²) >= 11 is 0. The number of carbonyl (C=O) groups excluding carboxylic acids is 1. The van der Waals surface area contributed by atoms with Gasteiger partial charge in [-0.25, -0.2) is 0 Å². The molecule has 0 N–H and O–H groups in total. The first-order chi connectivity index (χ1) is 12.3. The number of piperidine rings is 1. The number of rotatable bonds is 4. The number of amides is 1. The van der Waals surface area contributed by atoms with E-state index in [9.17, 15) is 4.79 Å². The molecule has 5 nitrogen and oxygen atoms in total. The largest absolute Gasteiger partial charge is 0.488 e. The molecular weight excluding hydrogens is 314 g/mol. The molecule has 5 heteroatoms. The normalized spacial score (nSPS) is 17.6. The van der Waals surface area contributed by atoms with Gasteiger partial charge in [0.15, 0.2) is 0 Å². The van der Waals surface area contributed by atoms with Crippen molar-refractivity contribution in [1.29, 1.82) is 0 Å². The van der Waals surface area contributed by atoms with Crippen LogP contribution in [0.5, 0.6) is 5.75 Å². The number of nitrogens with zero attached hydrogens (tertiary/aromatic N) is 3. The maximum Gasteiger partial charge on any atom is 0.242 e. The molecule has 1 aromatic carbocycles. The van der Waals surface area contributed by atoms with E-state index in [2.05, 4.69) is 11.1 Å². The van der Waals surface area contributed by atoms with E-state index in [1.54, 1.807) is 12.4 Å². The molecule has 0 radical (unpaired) electrons. The van der Waals surface area contributed by atoms with Crippen LogP contribution in [0.4, 0.5) is 0 Å². The summed E-state index contributed by atoms with van der Waals surface area (Å²) in [4.78, 5) is 18.7. The SMILES string of the molecule is O=C(Cn1ccc2ccccc21)N1CCCC(Oc2ccncc2)C1. The van der Waals surface area contributed by atoms with Crippen LogP contribution in [-0.2, 0) is 11.3 Å². The van der Waals surface area contributed by atoms with Crippen LogP contribution in [-0.4, -0.2) is 39.6 Å². The minimum atomic E-state index is 0.0431. The van der Waals surface area contributed by atoms with Gasteiger partial charge < -0.3 is 14.2 Å². The molecule has 1 saturated heterocycles. The van der Waals surface area contributed by atoms with Crippen LogP contribution in [0.25, 0.3) is 10.9 Å². The third-order valence-corrected chi connectivity index (χ3v) is 4.67. The Bertz CT molecular complexity index is 860. The molecule has 1 fully saturated rings. The molecule has 1 amide bonds. The molecule has 1 aliphatic rings. The van der Waals surface area contributed by atoms with E-state index in [0.29, 0.717) is 13.1 Å². The lowest BCUT2D eigenvalue weighted by atomic mass is 10.1. The molecule has 0 aliphatic carbocycles. The Morgan fingerprint density at radius 2 is 2.00 bits per heavy atom. The molecule has 4 rings (SSSR count). The van der Waals surface area contributed by atoms with Crippen molar-refractivity contribution >= 4 is 16.8 Å². The summed E-state index contributed by atoms with van der Waals surface area (Å²) in [6.07, 6.45) is 7.40. The second kappa shape index (κ2) is 6.97. The maximum atomic E-state index is 12.7. The van der Waals surface area contributed by atoms with Crippen LogP contribution in [0.3, 0.4) is 0 Å². The number of hydrogen-bond acceptors (Lipinski definition) is 3. The average molecular weight is 335 g/mol. The van der Waals surface area contributed by atoms with Crippen molar-refractivity contribution in [2.24, 2.45) is 0 Å². The van der Waals surface area contributed by atoms with Gasteiger partial charge in [0, 0.05) is 30.7 Å². The van der Waals surface area contributed by atoms with Gasteiger partial charge in [0.25, 0.3) is 0 Å². The third kappa shape index (κ3) is 3.50. The zero-order valence-electron chi connectivity index (χ0n) is 14.0. The highest BCUT2D eigenvalue weighted by molar-refractivity contribution is 5.83. The molecule has 3 aromatic rings. The van der Waals surface area contributed by atoms with Crippen LogP contribution in [0, 0.1) is 0 Å². The molecule has 25 heavy (non-hydrogen) atoms. The topological polar surface area (TPSA) is 47.4 Å². The van der Waals surface area contributed by atoms with Crippen molar-refractivity contribution in [2.75, 3.05) is 13.1 Å². The average Bonchev–Trinajstić information content (AvgIpc) is 3.06. The fraction of sp³-hybridized carbons (Fsp3) is 0.300. The van der Waals surface area contributed by atoms with Gasteiger partial charge in [-0.2, -0.15) is 0 Å². The van der Waals surface area contributed by atoms with E-state index in [4.69, 9.17) is 4.74 Å². The Hall–Kier alpha value is -2.82. The van der Waals surface area contributed by atoms with E-state index >= 15 is 0 Å². The molecule has 1 atom stereocenters. The monoisotopic (exact) mass is 335 g/mol. The number of benzene rings is 1. The van der Waals surface area contributed by atoms with Gasteiger partial charge >= 0.3 is 0 Å². The summed E-state index contributed by atoms with van der Waals surface area (Å²) in [5.41, 5.74) is 1.09. The quantitative estimate of drug-likeness (QED) is 0.736. The van der Waals surface area contributed by atoms with Crippen molar-refractivity contribution in [3.8, 4) is 5.75 Å². The first kappa shape index (κ1) is 15.7. The summed E-state index contributed by atoms with van der Waals surface area (Å²) < 4.78 is 8.02. The van der Waals surface area contributed by atoms with Crippen LogP contribution in [0.15, 0.2) is 61.1 Å². The van der Waals surface area contributed by atoms with E-state index in [-0.39, 0.29) is 12.0 Å². The predicted octanol–water partition coefficient (Wildman–Crippen LogP) is 3.11. The summed E-state index contributed by atoms with van der Waals surface area (Å²) in [5, 5.41) is 1.16. The Balaban J connectivity index is 1.41. The molecule has 0 spiro atoms. The van der Waals surface area contributed by atoms with Gasteiger partial charge in [0.2, 0.25) is 5.91 Å². The van der Waals surface area contributed by atoms with E-state index in [1.807, 2.05) is 52.1 Å². The van der Waals surface area contributed by atoms with E-state index < -0.39 is 0 Å². The first-order valence-electron chi connectivity index (χ1n) is 8.68. The van der Waals surface area contributed by atoms with Gasteiger partial charge in [-0.05, 0) is 42.5 Å². The molecular formula is C20H21N3O2. The van der Waals surface area contributed by atoms with Crippen molar-refractivity contribution in [1.82, 2.24) is 14.5 Å². The van der Waals surface area contributed by atoms with Crippen LogP contribution >= 0.6 is 0 Å². The standard InChI is InChI=1S/C20H21N3O2/c24-20(15-22-13-9-16-4-1-2-6-19(16)22)23-12-3-5-18(14-23)25-17-7-10-21-11-8-17/h1-2,4,6-11,13,18H,3,5,12,14-15H2. The number of ether oxygens (including phenoxy) is 1. The minimum absolute atomic E-state index is 0.0431. The van der Waals surface area contributed by atoms with Gasteiger partial charge in [-0.1, -0.05) is 18.2 Å². The molecule has 1 unspecified atom stereocenters. The number of likely N-dealkylation sites (tertiary alicyclic amines) is 1. The molecule has 128 valence electrons. The number of para-hydroxylation sites is 1. The number of pyridine rings is 1. The third-order valence-electron chi connectivity index (χ3n) is 4.67. The highest BCUT2D eigenvalue weighted by atomic mass is 16.5. The highest BCUT2D eigenvalue weighted by Gasteiger charge is 2.25. The lowest BCUT2D eigenvalue weighted by Crippen LogP contribution is -2.45. The Morgan fingerprint density at radius 1 is 1.16 bits per heavy atom. The summed E-state index contributed by atoms with van der Waals surface area (Å²) in [6, 6.07) is 13.9. The number of fused-ring (bicyclic) bond motifs is 1. The molecule has 1 aliphatic heterocycles. The summed E-state index contributed by atoms with van der Waals surface area (Å²) in [7, 11) is 0. The molecule has 3 heterocycles. The minimum Gasteiger partial charge on any atom is -0.488 e. The van der Waals surface area contributed by atoms with Gasteiger partial charge in [0.05, 0.1) is 6.54 Å². The van der Waals surface area contributed by atoms with Crippen molar-refractivity contribution in [3.63, 3.8) is 0 Å². The zero-order chi connectivity index (χ0) is 17.1. The summed E-state index contributed by atoms with van der Waals surface area (Å²) in [6.45, 7) is 1.81. The number of aromatic nitrogens is 2. The number of hydrogen-bond donors (Lipinski definition) is 0. The lowest BCUT2D eigenvalue weighted by Gasteiger charge is -2.33. The zero-order valence-corrected chi connectivity index (χ0v) is 14.0. The smallest absolute Gasteiger partial charge is 0.242 e. The predicted molar refractivity (Wildman–Crippen MR) is 96.4 cm³/mol. The van der Waals surface area contributed by atoms with Gasteiger partial charge in [0.1, 0.15) is 18.4 Å². The van der Waals surface area contributed by atoms with Crippen molar-refractivity contribution in [3.05, 3.63) is 61.1 Å². The van der Waals surface area contributed by atoms with Gasteiger partial charge in [-0.15, -0.1) is 0 Å². The van der Waals surface area contributed by atoms with Crippen LogP contribution < -0.4 is 4.74 Å². The first-order valence-corrected chi connectivity index (χ1v) is 8.68. The second-order valence-electron chi connectivity index (χ2n) is 6.41. The maximum absolute atomic E-state index is 12.7. The van der Waals surface area contributed by atoms with Crippen LogP contribution in [0.1, 0.15) is 12.8 Å². The molecule has 2 aromatic heterocycles. The van der Waals surface area contributed by atoms with E-state index in [1.165, 1.54) is 0 Å². The van der Waals surface area contributed by atoms with Gasteiger partial charge in [-0.3, -0.25) is 9.78 Å². The lowest BCUT2D eigenvalue weighted by molar-refractivity contribution is -0.134. The van der Waals surface area contributed by atoms with Crippen molar-refractivity contribution in [2.45, 2.75) is 25.5 Å². The van der Waals surface area contributed by atoms with E-state index in [0.717, 1.165) is 36.0 Å². The van der Waals surface area contributed by atoms with Crippen molar-refractivity contribution < 1.29 is 9.53 Å². The Labute approximate surface area is 146 Å². The Kier molecular flexibility index (Phi) is 4.37. The fourth-order valence-corrected chi connectivity index (χ4v) is 3.39.